The average Bonchev–Trinajstić information content (AvgIpc) is 2.70. The maximum atomic E-state index is 12.3. The van der Waals surface area contributed by atoms with Crippen LogP contribution < -0.4 is 0 Å². The largest absolute Gasteiger partial charge is 0.385 e. The van der Waals surface area contributed by atoms with Crippen LogP contribution in [0.15, 0.2) is 18.3 Å². The molecule has 1 aromatic rings. The van der Waals surface area contributed by atoms with Crippen molar-refractivity contribution in [1.82, 2.24) is 4.98 Å². The number of hydrogen-bond donors (Lipinski definition) is 1. The van der Waals surface area contributed by atoms with Gasteiger partial charge in [-0.15, -0.1) is 0 Å². The van der Waals surface area contributed by atoms with Crippen LogP contribution in [0.2, 0.25) is 0 Å². The summed E-state index contributed by atoms with van der Waals surface area (Å²) in [5.41, 5.74) is 0.0275. The van der Waals surface area contributed by atoms with Crippen LogP contribution in [0, 0.1) is 5.95 Å². The quantitative estimate of drug-likeness (QED) is 0.615. The van der Waals surface area contributed by atoms with Crippen molar-refractivity contribution in [2.75, 3.05) is 0 Å². The second-order valence-electron chi connectivity index (χ2n) is 2.90. The molecule has 1 aliphatic carbocycles. The van der Waals surface area contributed by atoms with Gasteiger partial charge in [-0.1, -0.05) is 6.07 Å². The van der Waals surface area contributed by atoms with E-state index in [4.69, 9.17) is 0 Å². The van der Waals surface area contributed by atoms with Crippen molar-refractivity contribution in [2.24, 2.45) is 0 Å². The Kier molecular flexibility index (Phi) is 1.23. The Labute approximate surface area is 63.7 Å². The molecular formula is C8H8FNO. The van der Waals surface area contributed by atoms with Gasteiger partial charge in [-0.2, -0.15) is 4.39 Å². The molecule has 0 aromatic carbocycles. The summed E-state index contributed by atoms with van der Waals surface area (Å²) in [4.78, 5) is 3.46. The lowest BCUT2D eigenvalue weighted by Gasteiger charge is -2.05. The molecule has 1 fully saturated rings. The van der Waals surface area contributed by atoms with E-state index in [-0.39, 0.29) is 0 Å². The van der Waals surface area contributed by atoms with Gasteiger partial charge in [0.1, 0.15) is 0 Å². The van der Waals surface area contributed by atoms with E-state index < -0.39 is 11.5 Å². The van der Waals surface area contributed by atoms with Crippen LogP contribution in [0.25, 0.3) is 0 Å². The van der Waals surface area contributed by atoms with Gasteiger partial charge in [-0.3, -0.25) is 0 Å². The second kappa shape index (κ2) is 2.01. The summed E-state index contributed by atoms with van der Waals surface area (Å²) in [6, 6.07) is 2.85. The number of aromatic nitrogens is 1. The average molecular weight is 153 g/mol. The predicted molar refractivity (Wildman–Crippen MR) is 37.3 cm³/mol. The van der Waals surface area contributed by atoms with E-state index in [9.17, 15) is 9.50 Å². The molecule has 1 saturated carbocycles. The minimum Gasteiger partial charge on any atom is -0.385 e. The van der Waals surface area contributed by atoms with E-state index in [0.29, 0.717) is 0 Å². The highest BCUT2D eigenvalue weighted by atomic mass is 19.1. The molecule has 0 radical (unpaired) electrons. The van der Waals surface area contributed by atoms with Crippen LogP contribution in [0.3, 0.4) is 0 Å². The Morgan fingerprint density at radius 2 is 2.18 bits per heavy atom. The first-order valence-corrected chi connectivity index (χ1v) is 3.55. The molecule has 0 atom stereocenters. The van der Waals surface area contributed by atoms with Gasteiger partial charge in [0.25, 0.3) is 0 Å². The van der Waals surface area contributed by atoms with Crippen molar-refractivity contribution >= 4 is 0 Å². The minimum absolute atomic E-state index is 0.502. The summed E-state index contributed by atoms with van der Waals surface area (Å²) >= 11 is 0. The summed E-state index contributed by atoms with van der Waals surface area (Å²) in [7, 11) is 0. The van der Waals surface area contributed by atoms with E-state index in [1.807, 2.05) is 0 Å². The van der Waals surface area contributed by atoms with Gasteiger partial charge in [0, 0.05) is 11.8 Å². The summed E-state index contributed by atoms with van der Waals surface area (Å²) in [5.74, 6) is -0.502. The van der Waals surface area contributed by atoms with Gasteiger partial charge in [0.2, 0.25) is 5.95 Å². The summed E-state index contributed by atoms with van der Waals surface area (Å²) in [5, 5.41) is 9.53. The molecule has 1 N–H and O–H groups in total. The summed E-state index contributed by atoms with van der Waals surface area (Å²) < 4.78 is 12.3. The van der Waals surface area contributed by atoms with Crippen LogP contribution >= 0.6 is 0 Å². The molecule has 0 saturated heterocycles. The zero-order chi connectivity index (χ0) is 7.90. The molecule has 11 heavy (non-hydrogen) atoms. The second-order valence-corrected chi connectivity index (χ2v) is 2.90. The molecule has 2 nitrogen and oxygen atoms in total. The predicted octanol–water partition coefficient (Wildman–Crippen LogP) is 1.20. The Morgan fingerprint density at radius 3 is 2.64 bits per heavy atom. The lowest BCUT2D eigenvalue weighted by atomic mass is 10.1. The molecule has 0 bridgehead atoms. The van der Waals surface area contributed by atoms with Gasteiger partial charge in [-0.25, -0.2) is 4.98 Å². The lowest BCUT2D eigenvalue weighted by Crippen LogP contribution is -2.04. The van der Waals surface area contributed by atoms with E-state index in [0.717, 1.165) is 18.4 Å². The maximum absolute atomic E-state index is 12.3. The minimum atomic E-state index is -0.694. The van der Waals surface area contributed by atoms with E-state index in [1.165, 1.54) is 12.3 Å². The fourth-order valence-corrected chi connectivity index (χ4v) is 1.06. The first-order chi connectivity index (χ1) is 5.21. The van der Waals surface area contributed by atoms with Crippen molar-refractivity contribution in [3.8, 4) is 0 Å². The highest BCUT2D eigenvalue weighted by Crippen LogP contribution is 2.44. The molecule has 1 aromatic heterocycles. The zero-order valence-electron chi connectivity index (χ0n) is 5.92. The molecule has 0 unspecified atom stereocenters. The number of pyridine rings is 1. The zero-order valence-corrected chi connectivity index (χ0v) is 5.92. The van der Waals surface area contributed by atoms with E-state index >= 15 is 0 Å². The third-order valence-electron chi connectivity index (χ3n) is 1.99. The third-order valence-corrected chi connectivity index (χ3v) is 1.99. The standard InChI is InChI=1S/C8H8FNO/c9-7-2-1-6(5-10-7)8(11)3-4-8/h1-2,5,11H,3-4H2. The molecule has 2 rings (SSSR count). The van der Waals surface area contributed by atoms with Gasteiger partial charge in [0.15, 0.2) is 0 Å². The summed E-state index contributed by atoms with van der Waals surface area (Å²) in [6.45, 7) is 0. The number of rotatable bonds is 1. The Bertz CT molecular complexity index is 266. The van der Waals surface area contributed by atoms with Crippen molar-refractivity contribution in [2.45, 2.75) is 18.4 Å². The molecule has 1 heterocycles. The Morgan fingerprint density at radius 1 is 1.45 bits per heavy atom. The molecule has 1 aliphatic rings. The summed E-state index contributed by atoms with van der Waals surface area (Å²) in [6.07, 6.45) is 2.92. The number of aliphatic hydroxyl groups is 1. The fourth-order valence-electron chi connectivity index (χ4n) is 1.06. The molecular weight excluding hydrogens is 145 g/mol. The molecule has 58 valence electrons. The van der Waals surface area contributed by atoms with Crippen molar-refractivity contribution in [1.29, 1.82) is 0 Å². The smallest absolute Gasteiger partial charge is 0.212 e. The molecule has 0 amide bonds. The monoisotopic (exact) mass is 153 g/mol. The number of hydrogen-bond acceptors (Lipinski definition) is 2. The van der Waals surface area contributed by atoms with Gasteiger partial charge in [-0.05, 0) is 18.9 Å². The topological polar surface area (TPSA) is 33.1 Å². The van der Waals surface area contributed by atoms with Crippen molar-refractivity contribution in [3.05, 3.63) is 29.8 Å². The highest BCUT2D eigenvalue weighted by Gasteiger charge is 2.42. The van der Waals surface area contributed by atoms with Crippen LogP contribution in [0.4, 0.5) is 4.39 Å². The first-order valence-electron chi connectivity index (χ1n) is 3.55. The SMILES string of the molecule is OC1(c2ccc(F)nc2)CC1. The van der Waals surface area contributed by atoms with Gasteiger partial charge < -0.3 is 5.11 Å². The molecule has 0 spiro atoms. The molecule has 0 aliphatic heterocycles. The fraction of sp³-hybridized carbons (Fsp3) is 0.375. The first kappa shape index (κ1) is 6.73. The third kappa shape index (κ3) is 1.12. The van der Waals surface area contributed by atoms with Crippen LogP contribution in [-0.4, -0.2) is 10.1 Å². The van der Waals surface area contributed by atoms with Crippen molar-refractivity contribution in [3.63, 3.8) is 0 Å². The number of halogens is 1. The lowest BCUT2D eigenvalue weighted by molar-refractivity contribution is 0.151. The van der Waals surface area contributed by atoms with E-state index in [1.54, 1.807) is 6.07 Å². The maximum Gasteiger partial charge on any atom is 0.212 e. The number of nitrogens with zero attached hydrogens (tertiary/aromatic N) is 1. The van der Waals surface area contributed by atoms with Crippen molar-refractivity contribution < 1.29 is 9.50 Å². The molecule has 3 heteroatoms. The Hall–Kier alpha value is -0.960. The Balaban J connectivity index is 2.33. The van der Waals surface area contributed by atoms with E-state index in [2.05, 4.69) is 4.98 Å². The normalized spacial score (nSPS) is 19.8. The van der Waals surface area contributed by atoms with Crippen LogP contribution in [0.5, 0.6) is 0 Å². The van der Waals surface area contributed by atoms with Gasteiger partial charge in [0.05, 0.1) is 5.60 Å². The van der Waals surface area contributed by atoms with Gasteiger partial charge >= 0.3 is 0 Å². The van der Waals surface area contributed by atoms with Crippen LogP contribution in [-0.2, 0) is 5.60 Å². The highest BCUT2D eigenvalue weighted by molar-refractivity contribution is 5.23. The van der Waals surface area contributed by atoms with Crippen LogP contribution in [0.1, 0.15) is 18.4 Å².